The number of nitrogens with zero attached hydrogens (tertiary/aromatic N) is 1. The molecule has 2 rings (SSSR count). The van der Waals surface area contributed by atoms with Gasteiger partial charge in [0.15, 0.2) is 5.96 Å². The molecule has 0 fully saturated rings. The summed E-state index contributed by atoms with van der Waals surface area (Å²) in [7, 11) is 0. The molecule has 0 unspecified atom stereocenters. The molecule has 1 aromatic rings. The van der Waals surface area contributed by atoms with E-state index in [9.17, 15) is 0 Å². The summed E-state index contributed by atoms with van der Waals surface area (Å²) in [6.45, 7) is 1.63. The van der Waals surface area contributed by atoms with Crippen molar-refractivity contribution in [2.45, 2.75) is 0 Å². The van der Waals surface area contributed by atoms with E-state index in [0.717, 1.165) is 29.2 Å². The minimum Gasteiger partial charge on any atom is -0.354 e. The summed E-state index contributed by atoms with van der Waals surface area (Å²) < 4.78 is 0.779. The number of nitrogens with one attached hydrogen (secondary N) is 2. The van der Waals surface area contributed by atoms with Gasteiger partial charge in [-0.15, -0.1) is 0 Å². The van der Waals surface area contributed by atoms with Crippen LogP contribution in [0.15, 0.2) is 21.6 Å². The Morgan fingerprint density at radius 3 is 2.80 bits per heavy atom. The lowest BCUT2D eigenvalue weighted by Crippen LogP contribution is -2.26. The highest BCUT2D eigenvalue weighted by molar-refractivity contribution is 9.10. The number of halogens is 3. The molecule has 0 atom stereocenters. The van der Waals surface area contributed by atoms with E-state index in [2.05, 4.69) is 31.6 Å². The zero-order valence-corrected chi connectivity index (χ0v) is 10.7. The van der Waals surface area contributed by atoms with Gasteiger partial charge in [0.2, 0.25) is 0 Å². The number of hydrogen-bond acceptors (Lipinski definition) is 3. The molecule has 0 aliphatic carbocycles. The van der Waals surface area contributed by atoms with Crippen molar-refractivity contribution < 1.29 is 0 Å². The maximum atomic E-state index is 6.07. The Balaban J connectivity index is 2.25. The molecule has 0 saturated carbocycles. The van der Waals surface area contributed by atoms with Crippen molar-refractivity contribution in [3.8, 4) is 0 Å². The smallest absolute Gasteiger partial charge is 0.195 e. The molecular formula is C9H8BrCl2N3. The van der Waals surface area contributed by atoms with Gasteiger partial charge in [0, 0.05) is 11.0 Å². The molecule has 15 heavy (non-hydrogen) atoms. The predicted molar refractivity (Wildman–Crippen MR) is 68.1 cm³/mol. The molecule has 0 aromatic heterocycles. The Hall–Kier alpha value is -0.450. The minimum atomic E-state index is 0.488. The topological polar surface area (TPSA) is 36.4 Å². The van der Waals surface area contributed by atoms with Gasteiger partial charge in [0.1, 0.15) is 0 Å². The zero-order valence-electron chi connectivity index (χ0n) is 7.65. The number of aliphatic imine (C=N–C) groups is 1. The Morgan fingerprint density at radius 2 is 2.13 bits per heavy atom. The molecule has 1 aromatic carbocycles. The van der Waals surface area contributed by atoms with Crippen LogP contribution in [0.3, 0.4) is 0 Å². The van der Waals surface area contributed by atoms with Crippen LogP contribution < -0.4 is 10.6 Å². The van der Waals surface area contributed by atoms with Crippen LogP contribution >= 0.6 is 39.1 Å². The summed E-state index contributed by atoms with van der Waals surface area (Å²) in [5, 5.41) is 7.16. The van der Waals surface area contributed by atoms with Crippen LogP contribution in [0.5, 0.6) is 0 Å². The Kier molecular flexibility index (Phi) is 3.38. The molecule has 0 radical (unpaired) electrons. The first kappa shape index (κ1) is 11.0. The van der Waals surface area contributed by atoms with Crippen molar-refractivity contribution in [3.63, 3.8) is 0 Å². The summed E-state index contributed by atoms with van der Waals surface area (Å²) >= 11 is 15.4. The first-order valence-electron chi connectivity index (χ1n) is 4.37. The molecule has 1 aliphatic heterocycles. The molecule has 0 spiro atoms. The first-order chi connectivity index (χ1) is 7.18. The summed E-state index contributed by atoms with van der Waals surface area (Å²) in [5.74, 6) is 0.732. The monoisotopic (exact) mass is 307 g/mol. The quantitative estimate of drug-likeness (QED) is 0.782. The number of rotatable bonds is 1. The molecule has 6 heteroatoms. The van der Waals surface area contributed by atoms with E-state index in [1.54, 1.807) is 0 Å². The van der Waals surface area contributed by atoms with Crippen LogP contribution in [-0.2, 0) is 0 Å². The summed E-state index contributed by atoms with van der Waals surface area (Å²) in [6, 6.07) is 3.69. The first-order valence-corrected chi connectivity index (χ1v) is 5.92. The Morgan fingerprint density at radius 1 is 1.33 bits per heavy atom. The fourth-order valence-electron chi connectivity index (χ4n) is 1.23. The standard InChI is InChI=1S/C9H8BrCl2N3/c10-5-1-2-6(8(12)7(5)11)15-9-13-3-4-14-9/h1-2H,3-4H2,(H2,13,14,15). The molecular weight excluding hydrogens is 301 g/mol. The predicted octanol–water partition coefficient (Wildman–Crippen LogP) is 3.13. The lowest BCUT2D eigenvalue weighted by Gasteiger charge is -2.10. The van der Waals surface area contributed by atoms with Gasteiger partial charge in [-0.1, -0.05) is 23.2 Å². The van der Waals surface area contributed by atoms with Gasteiger partial charge in [0.05, 0.1) is 22.3 Å². The lowest BCUT2D eigenvalue weighted by atomic mass is 10.3. The molecule has 3 nitrogen and oxygen atoms in total. The van der Waals surface area contributed by atoms with Gasteiger partial charge in [-0.3, -0.25) is 4.99 Å². The molecule has 1 aliphatic rings. The number of hydrogen-bond donors (Lipinski definition) is 2. The van der Waals surface area contributed by atoms with Crippen LogP contribution in [-0.4, -0.2) is 19.0 Å². The largest absolute Gasteiger partial charge is 0.354 e. The average molecular weight is 309 g/mol. The second-order valence-corrected chi connectivity index (χ2v) is 4.62. The second-order valence-electron chi connectivity index (χ2n) is 3.01. The van der Waals surface area contributed by atoms with Crippen molar-refractivity contribution in [1.82, 2.24) is 5.32 Å². The van der Waals surface area contributed by atoms with E-state index in [1.807, 2.05) is 12.1 Å². The van der Waals surface area contributed by atoms with Crippen LogP contribution in [0.1, 0.15) is 0 Å². The van der Waals surface area contributed by atoms with Gasteiger partial charge >= 0.3 is 0 Å². The summed E-state index contributed by atoms with van der Waals surface area (Å²) in [6.07, 6.45) is 0. The second kappa shape index (κ2) is 4.60. The third-order valence-corrected chi connectivity index (χ3v) is 3.73. The molecule has 1 heterocycles. The van der Waals surface area contributed by atoms with Crippen LogP contribution in [0.25, 0.3) is 0 Å². The van der Waals surface area contributed by atoms with E-state index in [4.69, 9.17) is 23.2 Å². The highest BCUT2D eigenvalue weighted by Gasteiger charge is 2.11. The van der Waals surface area contributed by atoms with Crippen molar-refractivity contribution in [3.05, 3.63) is 26.7 Å². The van der Waals surface area contributed by atoms with Gasteiger partial charge in [0.25, 0.3) is 0 Å². The summed E-state index contributed by atoms with van der Waals surface area (Å²) in [5.41, 5.74) is 0.748. The minimum absolute atomic E-state index is 0.488. The van der Waals surface area contributed by atoms with Crippen molar-refractivity contribution >= 4 is 50.8 Å². The fraction of sp³-hybridized carbons (Fsp3) is 0.222. The number of guanidine groups is 1. The highest BCUT2D eigenvalue weighted by Crippen LogP contribution is 2.35. The van der Waals surface area contributed by atoms with Gasteiger partial charge < -0.3 is 10.6 Å². The molecule has 0 amide bonds. The summed E-state index contributed by atoms with van der Waals surface area (Å²) in [4.78, 5) is 4.21. The van der Waals surface area contributed by atoms with Gasteiger partial charge in [-0.25, -0.2) is 0 Å². The van der Waals surface area contributed by atoms with Crippen LogP contribution in [0, 0.1) is 0 Å². The molecule has 80 valence electrons. The third-order valence-electron chi connectivity index (χ3n) is 1.96. The van der Waals surface area contributed by atoms with Gasteiger partial charge in [-0.05, 0) is 28.1 Å². The van der Waals surface area contributed by atoms with Crippen molar-refractivity contribution in [2.24, 2.45) is 4.99 Å². The van der Waals surface area contributed by atoms with Crippen molar-refractivity contribution in [2.75, 3.05) is 18.4 Å². The molecule has 0 bridgehead atoms. The number of anilines is 1. The Labute approximate surface area is 106 Å². The Bertz CT molecular complexity index is 420. The van der Waals surface area contributed by atoms with E-state index in [-0.39, 0.29) is 0 Å². The van der Waals surface area contributed by atoms with Gasteiger partial charge in [-0.2, -0.15) is 0 Å². The maximum absolute atomic E-state index is 6.07. The highest BCUT2D eigenvalue weighted by atomic mass is 79.9. The average Bonchev–Trinajstić information content (AvgIpc) is 2.72. The van der Waals surface area contributed by atoms with E-state index >= 15 is 0 Å². The molecule has 2 N–H and O–H groups in total. The maximum Gasteiger partial charge on any atom is 0.195 e. The normalized spacial score (nSPS) is 14.7. The lowest BCUT2D eigenvalue weighted by molar-refractivity contribution is 0.959. The van der Waals surface area contributed by atoms with E-state index in [0.29, 0.717) is 10.0 Å². The molecule has 0 saturated heterocycles. The van der Waals surface area contributed by atoms with E-state index in [1.165, 1.54) is 0 Å². The zero-order chi connectivity index (χ0) is 10.8. The van der Waals surface area contributed by atoms with Crippen molar-refractivity contribution in [1.29, 1.82) is 0 Å². The third kappa shape index (κ3) is 2.38. The van der Waals surface area contributed by atoms with E-state index < -0.39 is 0 Å². The van der Waals surface area contributed by atoms with Crippen LogP contribution in [0.2, 0.25) is 10.0 Å². The SMILES string of the molecule is Clc1c(Br)ccc(NC2=NCCN2)c1Cl. The number of benzene rings is 1. The van der Waals surface area contributed by atoms with Crippen LogP contribution in [0.4, 0.5) is 5.69 Å². The fourth-order valence-corrected chi connectivity index (χ4v) is 2.05.